The number of carbonyl (C=O) groups is 2. The van der Waals surface area contributed by atoms with E-state index in [0.717, 1.165) is 30.9 Å². The first-order valence-corrected chi connectivity index (χ1v) is 8.91. The van der Waals surface area contributed by atoms with Crippen LogP contribution in [0.15, 0.2) is 18.2 Å². The average Bonchev–Trinajstić information content (AvgIpc) is 2.57. The van der Waals surface area contributed by atoms with Crippen LogP contribution in [0.4, 0.5) is 5.69 Å². The molecule has 1 heterocycles. The van der Waals surface area contributed by atoms with Gasteiger partial charge in [0.1, 0.15) is 0 Å². The Morgan fingerprint density at radius 2 is 1.88 bits per heavy atom. The normalized spacial score (nSPS) is 14.0. The number of hydrogen-bond donors (Lipinski definition) is 3. The van der Waals surface area contributed by atoms with Crippen molar-refractivity contribution in [3.05, 3.63) is 29.3 Å². The molecule has 4 N–H and O–H groups in total. The fourth-order valence-corrected chi connectivity index (χ4v) is 3.41. The van der Waals surface area contributed by atoms with Crippen molar-refractivity contribution in [3.63, 3.8) is 0 Å². The maximum absolute atomic E-state index is 11.9. The molecule has 1 fully saturated rings. The quantitative estimate of drug-likeness (QED) is 0.661. The summed E-state index contributed by atoms with van der Waals surface area (Å²) in [5, 5.41) is 5.32. The number of thioether (sulfide) groups is 1. The van der Waals surface area contributed by atoms with E-state index in [9.17, 15) is 9.59 Å². The molecule has 6 nitrogen and oxygen atoms in total. The minimum Gasteiger partial charge on any atom is -0.346 e. The standard InChI is InChI=1S/C16H24N4O2S.2ClH/c1-12-13(11-20-5-7-23-8-6-20)3-2-4-14(12)19-16(22)10-18-15(21)9-17;;/h2-4H,5-11,17H2,1H3,(H,18,21)(H,19,22);2*1H. The van der Waals surface area contributed by atoms with Crippen LogP contribution in [0.5, 0.6) is 0 Å². The number of carbonyl (C=O) groups excluding carboxylic acids is 2. The topological polar surface area (TPSA) is 87.5 Å². The summed E-state index contributed by atoms with van der Waals surface area (Å²) in [5.41, 5.74) is 8.28. The molecule has 1 aromatic rings. The summed E-state index contributed by atoms with van der Waals surface area (Å²) in [6, 6.07) is 5.94. The molecule has 2 rings (SSSR count). The van der Waals surface area contributed by atoms with Gasteiger partial charge in [-0.1, -0.05) is 12.1 Å². The SMILES string of the molecule is Cc1c(CN2CCSCC2)cccc1NC(=O)CNC(=O)CN.Cl.Cl. The van der Waals surface area contributed by atoms with Crippen molar-refractivity contribution in [1.29, 1.82) is 0 Å². The summed E-state index contributed by atoms with van der Waals surface area (Å²) in [4.78, 5) is 25.4. The lowest BCUT2D eigenvalue weighted by molar-refractivity contribution is -0.123. The Morgan fingerprint density at radius 1 is 1.20 bits per heavy atom. The van der Waals surface area contributed by atoms with Crippen LogP contribution in [0.25, 0.3) is 0 Å². The van der Waals surface area contributed by atoms with E-state index in [0.29, 0.717) is 0 Å². The van der Waals surface area contributed by atoms with E-state index in [2.05, 4.69) is 21.6 Å². The van der Waals surface area contributed by atoms with E-state index in [4.69, 9.17) is 5.73 Å². The van der Waals surface area contributed by atoms with Gasteiger partial charge in [-0.15, -0.1) is 24.8 Å². The van der Waals surface area contributed by atoms with Gasteiger partial charge in [0.05, 0.1) is 13.1 Å². The fraction of sp³-hybridized carbons (Fsp3) is 0.500. The maximum Gasteiger partial charge on any atom is 0.243 e. The van der Waals surface area contributed by atoms with E-state index in [-0.39, 0.29) is 49.7 Å². The molecule has 1 aromatic carbocycles. The minimum atomic E-state index is -0.339. The molecule has 2 amide bonds. The highest BCUT2D eigenvalue weighted by Gasteiger charge is 2.14. The minimum absolute atomic E-state index is 0. The van der Waals surface area contributed by atoms with Crippen LogP contribution >= 0.6 is 36.6 Å². The number of amides is 2. The first kappa shape index (κ1) is 24.0. The van der Waals surface area contributed by atoms with Gasteiger partial charge in [-0.2, -0.15) is 11.8 Å². The first-order chi connectivity index (χ1) is 11.1. The van der Waals surface area contributed by atoms with Crippen LogP contribution in [0.1, 0.15) is 11.1 Å². The summed E-state index contributed by atoms with van der Waals surface area (Å²) >= 11 is 1.99. The highest BCUT2D eigenvalue weighted by atomic mass is 35.5. The van der Waals surface area contributed by atoms with Crippen molar-refractivity contribution in [3.8, 4) is 0 Å². The number of anilines is 1. The van der Waals surface area contributed by atoms with Gasteiger partial charge in [0.2, 0.25) is 11.8 Å². The molecule has 9 heteroatoms. The van der Waals surface area contributed by atoms with Crippen LogP contribution in [0.3, 0.4) is 0 Å². The Morgan fingerprint density at radius 3 is 2.52 bits per heavy atom. The van der Waals surface area contributed by atoms with Crippen LogP contribution < -0.4 is 16.4 Å². The molecule has 0 bridgehead atoms. The van der Waals surface area contributed by atoms with Crippen molar-refractivity contribution < 1.29 is 9.59 Å². The van der Waals surface area contributed by atoms with Crippen molar-refractivity contribution in [2.24, 2.45) is 5.73 Å². The summed E-state index contributed by atoms with van der Waals surface area (Å²) in [7, 11) is 0. The fourth-order valence-electron chi connectivity index (χ4n) is 2.44. The zero-order valence-electron chi connectivity index (χ0n) is 14.2. The Kier molecular flexibility index (Phi) is 11.9. The number of nitrogens with two attached hydrogens (primary N) is 1. The molecule has 25 heavy (non-hydrogen) atoms. The van der Waals surface area contributed by atoms with Gasteiger partial charge in [0.15, 0.2) is 0 Å². The molecule has 0 radical (unpaired) electrons. The summed E-state index contributed by atoms with van der Waals surface area (Å²) < 4.78 is 0. The first-order valence-electron chi connectivity index (χ1n) is 7.75. The second kappa shape index (κ2) is 12.4. The third-order valence-electron chi connectivity index (χ3n) is 3.85. The number of hydrogen-bond acceptors (Lipinski definition) is 5. The van der Waals surface area contributed by atoms with E-state index in [1.807, 2.05) is 30.8 Å². The lowest BCUT2D eigenvalue weighted by Crippen LogP contribution is -2.36. The Balaban J connectivity index is 0.00000288. The van der Waals surface area contributed by atoms with E-state index in [1.54, 1.807) is 0 Å². The molecule has 1 aliphatic rings. The van der Waals surface area contributed by atoms with Gasteiger partial charge < -0.3 is 16.4 Å². The van der Waals surface area contributed by atoms with Crippen molar-refractivity contribution in [2.45, 2.75) is 13.5 Å². The van der Waals surface area contributed by atoms with Gasteiger partial charge in [-0.25, -0.2) is 0 Å². The van der Waals surface area contributed by atoms with Gasteiger partial charge in [-0.05, 0) is 24.1 Å². The van der Waals surface area contributed by atoms with E-state index < -0.39 is 0 Å². The molecule has 1 saturated heterocycles. The van der Waals surface area contributed by atoms with Crippen LogP contribution in [-0.2, 0) is 16.1 Å². The average molecular weight is 409 g/mol. The Hall–Kier alpha value is -0.990. The number of rotatable bonds is 6. The smallest absolute Gasteiger partial charge is 0.243 e. The third-order valence-corrected chi connectivity index (χ3v) is 4.79. The van der Waals surface area contributed by atoms with Crippen molar-refractivity contribution in [1.82, 2.24) is 10.2 Å². The monoisotopic (exact) mass is 408 g/mol. The largest absolute Gasteiger partial charge is 0.346 e. The highest BCUT2D eigenvalue weighted by Crippen LogP contribution is 2.21. The van der Waals surface area contributed by atoms with E-state index >= 15 is 0 Å². The molecular weight excluding hydrogens is 383 g/mol. The molecular formula is C16H26Cl2N4O2S. The molecule has 142 valence electrons. The zero-order valence-corrected chi connectivity index (χ0v) is 16.7. The summed E-state index contributed by atoms with van der Waals surface area (Å²) in [6.45, 7) is 4.94. The van der Waals surface area contributed by atoms with Crippen molar-refractivity contribution in [2.75, 3.05) is 43.0 Å². The summed E-state index contributed by atoms with van der Waals surface area (Å²) in [5.74, 6) is 1.77. The second-order valence-corrected chi connectivity index (χ2v) is 6.73. The van der Waals surface area contributed by atoms with Crippen LogP contribution in [-0.4, -0.2) is 54.4 Å². The van der Waals surface area contributed by atoms with Gasteiger partial charge in [0.25, 0.3) is 0 Å². The van der Waals surface area contributed by atoms with Crippen molar-refractivity contribution >= 4 is 54.1 Å². The zero-order chi connectivity index (χ0) is 16.7. The lowest BCUT2D eigenvalue weighted by Gasteiger charge is -2.27. The molecule has 0 atom stereocenters. The van der Waals surface area contributed by atoms with Gasteiger partial charge in [-0.3, -0.25) is 14.5 Å². The maximum atomic E-state index is 11.9. The lowest BCUT2D eigenvalue weighted by atomic mass is 10.1. The highest BCUT2D eigenvalue weighted by molar-refractivity contribution is 7.99. The number of nitrogens with one attached hydrogen (secondary N) is 2. The van der Waals surface area contributed by atoms with Crippen LogP contribution in [0.2, 0.25) is 0 Å². The summed E-state index contributed by atoms with van der Waals surface area (Å²) in [6.07, 6.45) is 0. The molecule has 0 aromatic heterocycles. The predicted octanol–water partition coefficient (Wildman–Crippen LogP) is 1.40. The molecule has 0 spiro atoms. The predicted molar refractivity (Wildman–Crippen MR) is 109 cm³/mol. The molecule has 0 unspecified atom stereocenters. The Bertz CT molecular complexity index is 569. The van der Waals surface area contributed by atoms with Gasteiger partial charge in [0, 0.05) is 36.8 Å². The Labute approximate surface area is 165 Å². The van der Waals surface area contributed by atoms with Gasteiger partial charge >= 0.3 is 0 Å². The molecule has 1 aliphatic heterocycles. The second-order valence-electron chi connectivity index (χ2n) is 5.51. The number of benzene rings is 1. The third kappa shape index (κ3) is 7.83. The number of nitrogens with zero attached hydrogens (tertiary/aromatic N) is 1. The molecule has 0 saturated carbocycles. The number of halogens is 2. The van der Waals surface area contributed by atoms with E-state index in [1.165, 1.54) is 17.1 Å². The molecule has 0 aliphatic carbocycles. The van der Waals surface area contributed by atoms with Crippen LogP contribution in [0, 0.1) is 6.92 Å².